The summed E-state index contributed by atoms with van der Waals surface area (Å²) in [6.45, 7) is 2.26. The molecule has 0 radical (unpaired) electrons. The summed E-state index contributed by atoms with van der Waals surface area (Å²) in [5.74, 6) is -2.76. The number of hydrogen-bond acceptors (Lipinski definition) is 4. The van der Waals surface area contributed by atoms with E-state index in [1.165, 1.54) is 17.0 Å². The maximum Gasteiger partial charge on any atom is 0.315 e. The molecule has 2 aromatic rings. The molecule has 0 saturated carbocycles. The highest BCUT2D eigenvalue weighted by atomic mass is 35.5. The minimum atomic E-state index is -0.729. The molecule has 0 unspecified atom stereocenters. The lowest BCUT2D eigenvalue weighted by molar-refractivity contribution is -0.418. The van der Waals surface area contributed by atoms with Crippen molar-refractivity contribution in [3.8, 4) is 5.75 Å². The van der Waals surface area contributed by atoms with Crippen LogP contribution in [0, 0.1) is 17.5 Å². The fourth-order valence-corrected chi connectivity index (χ4v) is 4.72. The molecule has 12 heteroatoms. The average Bonchev–Trinajstić information content (AvgIpc) is 3.26. The maximum atomic E-state index is 14.4. The van der Waals surface area contributed by atoms with Crippen LogP contribution in [0.1, 0.15) is 29.3 Å². The van der Waals surface area contributed by atoms with Gasteiger partial charge in [-0.15, -0.1) is 0 Å². The zero-order chi connectivity index (χ0) is 26.9. The monoisotopic (exact) mass is 536 g/mol. The lowest BCUT2D eigenvalue weighted by Crippen LogP contribution is -2.69. The number of ether oxygens (including phenoxy) is 1. The van der Waals surface area contributed by atoms with Crippen LogP contribution in [0.3, 0.4) is 0 Å². The SMILES string of the molecule is C[NH+]=C(C1=C(N)[C@H](C)N(C(=O)c2cc(F)cc(OC[C@@H]3CNC(=O)N3)c2Cl)CC1)c1cc(F)cc(F)c1. The minimum absolute atomic E-state index is 0.0258. The number of benzene rings is 2. The van der Waals surface area contributed by atoms with Crippen LogP contribution in [0.4, 0.5) is 18.0 Å². The molecule has 3 amide bonds. The van der Waals surface area contributed by atoms with Crippen LogP contribution in [0.2, 0.25) is 5.02 Å². The van der Waals surface area contributed by atoms with E-state index < -0.39 is 29.4 Å². The first kappa shape index (κ1) is 26.3. The number of carbonyl (C=O) groups excluding carboxylic acids is 2. The fraction of sp³-hybridized carbons (Fsp3) is 0.320. The van der Waals surface area contributed by atoms with Crippen LogP contribution in [0.15, 0.2) is 41.6 Å². The first-order chi connectivity index (χ1) is 17.6. The molecule has 1 saturated heterocycles. The number of nitrogens with zero attached hydrogens (tertiary/aromatic N) is 1. The van der Waals surface area contributed by atoms with Crippen molar-refractivity contribution in [1.82, 2.24) is 15.5 Å². The smallest absolute Gasteiger partial charge is 0.315 e. The van der Waals surface area contributed by atoms with Gasteiger partial charge < -0.3 is 26.0 Å². The molecule has 0 aromatic heterocycles. The van der Waals surface area contributed by atoms with E-state index >= 15 is 0 Å². The minimum Gasteiger partial charge on any atom is -0.490 e. The molecule has 37 heavy (non-hydrogen) atoms. The third-order valence-electron chi connectivity index (χ3n) is 6.35. The van der Waals surface area contributed by atoms with Gasteiger partial charge in [0.05, 0.1) is 28.2 Å². The summed E-state index contributed by atoms with van der Waals surface area (Å²) in [6.07, 6.45) is 0.279. The zero-order valence-corrected chi connectivity index (χ0v) is 20.9. The Labute approximate surface area is 216 Å². The quantitative estimate of drug-likeness (QED) is 0.419. The van der Waals surface area contributed by atoms with Crippen molar-refractivity contribution in [2.45, 2.75) is 25.4 Å². The molecule has 196 valence electrons. The number of amides is 3. The van der Waals surface area contributed by atoms with Crippen LogP contribution >= 0.6 is 11.6 Å². The van der Waals surface area contributed by atoms with E-state index in [2.05, 4.69) is 15.6 Å². The van der Waals surface area contributed by atoms with Crippen LogP contribution in [-0.2, 0) is 0 Å². The maximum absolute atomic E-state index is 14.4. The molecule has 0 bridgehead atoms. The van der Waals surface area contributed by atoms with Gasteiger partial charge in [0.2, 0.25) is 5.71 Å². The van der Waals surface area contributed by atoms with Crippen LogP contribution in [0.5, 0.6) is 5.75 Å². The number of rotatable bonds is 6. The standard InChI is InChI=1S/C25H25ClF3N5O3/c1-12-22(30)18(23(31-2)13-5-14(27)7-15(28)6-13)3-4-34(12)24(35)19-8-16(29)9-20(21(19)26)37-11-17-10-32-25(36)33-17/h5-9,12,17H,3-4,10-11,30H2,1-2H3,(H2,32,33,36)/p+1/t12-,17-/m0/s1. The molecule has 5 N–H and O–H groups in total. The number of carbonyl (C=O) groups is 2. The van der Waals surface area contributed by atoms with E-state index in [0.717, 1.165) is 18.2 Å². The predicted molar refractivity (Wildman–Crippen MR) is 131 cm³/mol. The highest BCUT2D eigenvalue weighted by Crippen LogP contribution is 2.33. The Morgan fingerprint density at radius 2 is 1.86 bits per heavy atom. The first-order valence-corrected chi connectivity index (χ1v) is 11.9. The molecule has 1 fully saturated rings. The summed E-state index contributed by atoms with van der Waals surface area (Å²) in [5.41, 5.74) is 7.98. The van der Waals surface area contributed by atoms with Crippen LogP contribution < -0.4 is 26.1 Å². The van der Waals surface area contributed by atoms with Crippen molar-refractivity contribution in [2.75, 3.05) is 26.7 Å². The number of urea groups is 1. The Morgan fingerprint density at radius 1 is 1.19 bits per heavy atom. The Balaban J connectivity index is 1.57. The molecule has 2 aliphatic rings. The number of hydrogen-bond donors (Lipinski definition) is 4. The van der Waals surface area contributed by atoms with Gasteiger partial charge in [0.25, 0.3) is 5.91 Å². The lowest BCUT2D eigenvalue weighted by Gasteiger charge is -2.35. The number of halogens is 4. The largest absolute Gasteiger partial charge is 0.490 e. The van der Waals surface area contributed by atoms with E-state index in [0.29, 0.717) is 23.5 Å². The van der Waals surface area contributed by atoms with Crippen molar-refractivity contribution in [3.63, 3.8) is 0 Å². The molecule has 8 nitrogen and oxygen atoms in total. The van der Waals surface area contributed by atoms with Gasteiger partial charge in [-0.25, -0.2) is 23.0 Å². The van der Waals surface area contributed by atoms with E-state index in [1.54, 1.807) is 14.0 Å². The second kappa shape index (κ2) is 10.7. The Morgan fingerprint density at radius 3 is 2.49 bits per heavy atom. The predicted octanol–water partition coefficient (Wildman–Crippen LogP) is 1.46. The van der Waals surface area contributed by atoms with Crippen molar-refractivity contribution in [3.05, 3.63) is 75.2 Å². The summed E-state index contributed by atoms with van der Waals surface area (Å²) in [6, 6.07) is 3.97. The van der Waals surface area contributed by atoms with E-state index in [-0.39, 0.29) is 53.5 Å². The van der Waals surface area contributed by atoms with Crippen molar-refractivity contribution >= 4 is 29.3 Å². The Hall–Kier alpha value is -3.73. The molecule has 2 aromatic carbocycles. The second-order valence-electron chi connectivity index (χ2n) is 8.77. The molecular formula is C25H26ClF3N5O3+. The van der Waals surface area contributed by atoms with Crippen LogP contribution in [-0.4, -0.2) is 61.4 Å². The van der Waals surface area contributed by atoms with Gasteiger partial charge in [-0.2, -0.15) is 0 Å². The van der Waals surface area contributed by atoms with Gasteiger partial charge >= 0.3 is 6.03 Å². The topological polar surface area (TPSA) is 111 Å². The molecule has 0 spiro atoms. The zero-order valence-electron chi connectivity index (χ0n) is 20.1. The van der Waals surface area contributed by atoms with Gasteiger partial charge in [0.1, 0.15) is 36.9 Å². The number of nitrogens with one attached hydrogen (secondary N) is 3. The summed E-state index contributed by atoms with van der Waals surface area (Å²) in [7, 11) is 1.61. The summed E-state index contributed by atoms with van der Waals surface area (Å²) in [5, 5.41) is 5.16. The second-order valence-corrected chi connectivity index (χ2v) is 9.15. The average molecular weight is 537 g/mol. The Bertz CT molecular complexity index is 1300. The fourth-order valence-electron chi connectivity index (χ4n) is 4.48. The van der Waals surface area contributed by atoms with Gasteiger partial charge in [0, 0.05) is 36.5 Å². The van der Waals surface area contributed by atoms with Crippen molar-refractivity contribution in [1.29, 1.82) is 0 Å². The van der Waals surface area contributed by atoms with Gasteiger partial charge in [-0.3, -0.25) is 4.79 Å². The van der Waals surface area contributed by atoms with Crippen LogP contribution in [0.25, 0.3) is 0 Å². The molecular weight excluding hydrogens is 511 g/mol. The Kier molecular flexibility index (Phi) is 7.63. The highest BCUT2D eigenvalue weighted by molar-refractivity contribution is 6.35. The third-order valence-corrected chi connectivity index (χ3v) is 6.74. The summed E-state index contributed by atoms with van der Waals surface area (Å²) >= 11 is 6.43. The normalized spacial score (nSPS) is 20.1. The van der Waals surface area contributed by atoms with Gasteiger partial charge in [-0.1, -0.05) is 11.6 Å². The molecule has 4 rings (SSSR count). The van der Waals surface area contributed by atoms with E-state index in [1.807, 2.05) is 0 Å². The highest BCUT2D eigenvalue weighted by Gasteiger charge is 2.34. The first-order valence-electron chi connectivity index (χ1n) is 11.6. The number of nitrogens with two attached hydrogens (primary N) is 1. The summed E-state index contributed by atoms with van der Waals surface area (Å²) in [4.78, 5) is 29.1. The molecule has 2 aliphatic heterocycles. The summed E-state index contributed by atoms with van der Waals surface area (Å²) < 4.78 is 47.7. The van der Waals surface area contributed by atoms with Gasteiger partial charge in [-0.05, 0) is 31.5 Å². The third kappa shape index (κ3) is 5.51. The van der Waals surface area contributed by atoms with Crippen molar-refractivity contribution in [2.24, 2.45) is 5.73 Å². The van der Waals surface area contributed by atoms with Crippen molar-refractivity contribution < 1.29 is 32.5 Å². The molecule has 2 atom stereocenters. The van der Waals surface area contributed by atoms with E-state index in [4.69, 9.17) is 22.1 Å². The lowest BCUT2D eigenvalue weighted by atomic mass is 9.91. The molecule has 2 heterocycles. The van der Waals surface area contributed by atoms with Gasteiger partial charge in [0.15, 0.2) is 0 Å². The molecule has 0 aliphatic carbocycles. The van der Waals surface area contributed by atoms with E-state index in [9.17, 15) is 22.8 Å².